The van der Waals surface area contributed by atoms with Crippen LogP contribution in [0.1, 0.15) is 0 Å². The van der Waals surface area contributed by atoms with Gasteiger partial charge in [-0.25, -0.2) is 9.97 Å². The van der Waals surface area contributed by atoms with Crippen LogP contribution in [0.15, 0.2) is 188 Å². The van der Waals surface area contributed by atoms with E-state index >= 15 is 0 Å². The molecule has 0 aliphatic rings. The second-order valence-corrected chi connectivity index (χ2v) is 16.2. The smallest absolute Gasteiger partial charge is 0.160 e. The molecule has 0 atom stereocenters. The van der Waals surface area contributed by atoms with Crippen molar-refractivity contribution in [1.82, 2.24) is 15.0 Å². The highest BCUT2D eigenvalue weighted by Crippen LogP contribution is 2.41. The first-order valence-electron chi connectivity index (χ1n) is 18.6. The van der Waals surface area contributed by atoms with E-state index in [9.17, 15) is 0 Å². The van der Waals surface area contributed by atoms with Gasteiger partial charge in [-0.2, -0.15) is 0 Å². The summed E-state index contributed by atoms with van der Waals surface area (Å²) in [7, 11) is 0. The highest BCUT2D eigenvalue weighted by atomic mass is 32.1. The minimum atomic E-state index is 0.685. The number of aromatic nitrogens is 3. The summed E-state index contributed by atoms with van der Waals surface area (Å²) in [4.78, 5) is 15.0. The van der Waals surface area contributed by atoms with Crippen molar-refractivity contribution in [2.75, 3.05) is 0 Å². The quantitative estimate of drug-likeness (QED) is 0.170. The number of fused-ring (bicyclic) bond motifs is 6. The average molecular weight is 750 g/mol. The van der Waals surface area contributed by atoms with Crippen molar-refractivity contribution in [3.05, 3.63) is 188 Å². The molecule has 0 saturated heterocycles. The molecule has 4 heterocycles. The maximum atomic E-state index is 5.31. The Bertz CT molecular complexity index is 3120. The lowest BCUT2D eigenvalue weighted by molar-refractivity contribution is 1.18. The van der Waals surface area contributed by atoms with Gasteiger partial charge in [-0.05, 0) is 82.4 Å². The van der Waals surface area contributed by atoms with Crippen LogP contribution in [0.5, 0.6) is 0 Å². The molecule has 11 aromatic rings. The first-order valence-corrected chi connectivity index (χ1v) is 20.3. The molecule has 0 fully saturated rings. The zero-order valence-corrected chi connectivity index (χ0v) is 31.7. The van der Waals surface area contributed by atoms with Gasteiger partial charge in [0, 0.05) is 75.0 Å². The number of hydrogen-bond donors (Lipinski definition) is 0. The SMILES string of the molecule is c1ccc(-c2nc(-c3cc(-c4ccc5c(c4)sc4ccccc45)cc(-c4ccc5c(c4)sc4ccccc45)c3)cc(-c3ccccc3-c3cccnc3)n2)cc1. The predicted molar refractivity (Wildman–Crippen MR) is 238 cm³/mol. The van der Waals surface area contributed by atoms with Crippen molar-refractivity contribution < 1.29 is 0 Å². The molecule has 0 saturated carbocycles. The second kappa shape index (κ2) is 13.5. The monoisotopic (exact) mass is 749 g/mol. The Morgan fingerprint density at radius 3 is 1.50 bits per heavy atom. The van der Waals surface area contributed by atoms with Crippen LogP contribution in [0.3, 0.4) is 0 Å². The minimum Gasteiger partial charge on any atom is -0.264 e. The fraction of sp³-hybridized carbons (Fsp3) is 0. The van der Waals surface area contributed by atoms with Crippen LogP contribution < -0.4 is 0 Å². The number of pyridine rings is 1. The molecule has 0 bridgehead atoms. The standard InChI is InChI=1S/C51H31N3S2/c1-2-11-32(12-3-1)51-53-45(30-46(54-51)40-15-5-4-14-39(40)35-13-10-24-52-31-35)38-26-36(33-20-22-43-41-16-6-8-18-47(41)55-49(43)28-33)25-37(27-38)34-21-23-44-42-17-7-9-19-48(42)56-50(44)29-34/h1-31H. The third-order valence-corrected chi connectivity index (χ3v) is 12.9. The third kappa shape index (κ3) is 5.77. The summed E-state index contributed by atoms with van der Waals surface area (Å²) in [6.07, 6.45) is 3.72. The number of nitrogens with zero attached hydrogens (tertiary/aromatic N) is 3. The van der Waals surface area contributed by atoms with E-state index in [0.717, 1.165) is 50.3 Å². The van der Waals surface area contributed by atoms with Crippen LogP contribution in [-0.2, 0) is 0 Å². The maximum absolute atomic E-state index is 5.31. The Balaban J connectivity index is 1.14. The second-order valence-electron chi connectivity index (χ2n) is 14.0. The van der Waals surface area contributed by atoms with Gasteiger partial charge >= 0.3 is 0 Å². The largest absolute Gasteiger partial charge is 0.264 e. The normalized spacial score (nSPS) is 11.6. The van der Waals surface area contributed by atoms with Crippen molar-refractivity contribution in [2.45, 2.75) is 0 Å². The minimum absolute atomic E-state index is 0.685. The van der Waals surface area contributed by atoms with Gasteiger partial charge in [-0.3, -0.25) is 4.98 Å². The lowest BCUT2D eigenvalue weighted by Crippen LogP contribution is -1.97. The highest BCUT2D eigenvalue weighted by molar-refractivity contribution is 7.26. The van der Waals surface area contributed by atoms with Crippen LogP contribution in [0.2, 0.25) is 0 Å². The molecule has 56 heavy (non-hydrogen) atoms. The van der Waals surface area contributed by atoms with Crippen LogP contribution >= 0.6 is 22.7 Å². The number of thiophene rings is 2. The molecule has 0 N–H and O–H groups in total. The maximum Gasteiger partial charge on any atom is 0.160 e. The van der Waals surface area contributed by atoms with Crippen LogP contribution in [0, 0.1) is 0 Å². The summed E-state index contributed by atoms with van der Waals surface area (Å²) < 4.78 is 5.17. The molecule has 4 aromatic heterocycles. The Morgan fingerprint density at radius 1 is 0.321 bits per heavy atom. The van der Waals surface area contributed by atoms with Gasteiger partial charge in [0.1, 0.15) is 0 Å². The molecule has 0 amide bonds. The predicted octanol–water partition coefficient (Wildman–Crippen LogP) is 14.6. The van der Waals surface area contributed by atoms with Crippen molar-refractivity contribution >= 4 is 63.0 Å². The van der Waals surface area contributed by atoms with Gasteiger partial charge in [0.2, 0.25) is 0 Å². The van der Waals surface area contributed by atoms with Crippen molar-refractivity contribution in [2.24, 2.45) is 0 Å². The number of hydrogen-bond acceptors (Lipinski definition) is 5. The first-order chi connectivity index (χ1) is 27.7. The molecule has 0 unspecified atom stereocenters. The van der Waals surface area contributed by atoms with Crippen molar-refractivity contribution in [1.29, 1.82) is 0 Å². The fourth-order valence-electron chi connectivity index (χ4n) is 7.85. The van der Waals surface area contributed by atoms with Gasteiger partial charge in [-0.15, -0.1) is 22.7 Å². The molecule has 3 nitrogen and oxygen atoms in total. The summed E-state index contributed by atoms with van der Waals surface area (Å²) in [6.45, 7) is 0. The Kier molecular flexibility index (Phi) is 7.87. The van der Waals surface area contributed by atoms with E-state index in [0.29, 0.717) is 5.82 Å². The van der Waals surface area contributed by atoms with E-state index in [2.05, 4.69) is 157 Å². The Morgan fingerprint density at radius 2 is 0.857 bits per heavy atom. The van der Waals surface area contributed by atoms with E-state index in [1.807, 2.05) is 59.3 Å². The summed E-state index contributed by atoms with van der Waals surface area (Å²) in [5, 5.41) is 5.19. The zero-order valence-electron chi connectivity index (χ0n) is 30.1. The molecule has 0 aliphatic heterocycles. The molecular formula is C51H31N3S2. The molecule has 7 aromatic carbocycles. The number of rotatable bonds is 6. The third-order valence-electron chi connectivity index (χ3n) is 10.6. The van der Waals surface area contributed by atoms with Crippen LogP contribution in [0.4, 0.5) is 0 Å². The molecule has 262 valence electrons. The molecule has 0 aliphatic carbocycles. The Hall–Kier alpha value is -6.79. The molecule has 5 heteroatoms. The summed E-state index contributed by atoms with van der Waals surface area (Å²) in [5.74, 6) is 0.685. The fourth-order valence-corrected chi connectivity index (χ4v) is 10.1. The lowest BCUT2D eigenvalue weighted by atomic mass is 9.93. The summed E-state index contributed by atoms with van der Waals surface area (Å²) in [6, 6.07) is 63.0. The van der Waals surface area contributed by atoms with E-state index in [1.54, 1.807) is 0 Å². The van der Waals surface area contributed by atoms with Gasteiger partial charge in [0.15, 0.2) is 5.82 Å². The van der Waals surface area contributed by atoms with E-state index in [-0.39, 0.29) is 0 Å². The average Bonchev–Trinajstić information content (AvgIpc) is 3.84. The highest BCUT2D eigenvalue weighted by Gasteiger charge is 2.17. The van der Waals surface area contributed by atoms with Gasteiger partial charge in [-0.1, -0.05) is 121 Å². The lowest BCUT2D eigenvalue weighted by Gasteiger charge is -2.15. The van der Waals surface area contributed by atoms with Crippen LogP contribution in [0.25, 0.3) is 108 Å². The summed E-state index contributed by atoms with van der Waals surface area (Å²) >= 11 is 3.70. The topological polar surface area (TPSA) is 38.7 Å². The van der Waals surface area contributed by atoms with Crippen molar-refractivity contribution in [3.8, 4) is 67.3 Å². The van der Waals surface area contributed by atoms with Crippen LogP contribution in [-0.4, -0.2) is 15.0 Å². The van der Waals surface area contributed by atoms with Gasteiger partial charge in [0.05, 0.1) is 11.4 Å². The van der Waals surface area contributed by atoms with Crippen molar-refractivity contribution in [3.63, 3.8) is 0 Å². The first kappa shape index (κ1) is 32.6. The van der Waals surface area contributed by atoms with E-state index < -0.39 is 0 Å². The molecular weight excluding hydrogens is 719 g/mol. The Labute approximate surface area is 331 Å². The molecule has 11 rings (SSSR count). The number of benzene rings is 7. The molecule has 0 radical (unpaired) electrons. The summed E-state index contributed by atoms with van der Waals surface area (Å²) in [5.41, 5.74) is 11.5. The van der Waals surface area contributed by atoms with Gasteiger partial charge < -0.3 is 0 Å². The molecule has 0 spiro atoms. The van der Waals surface area contributed by atoms with Gasteiger partial charge in [0.25, 0.3) is 0 Å². The zero-order chi connectivity index (χ0) is 37.0. The van der Waals surface area contributed by atoms with E-state index in [4.69, 9.17) is 9.97 Å². The van der Waals surface area contributed by atoms with E-state index in [1.165, 1.54) is 51.5 Å².